The second-order valence-corrected chi connectivity index (χ2v) is 6.07. The molecule has 0 radical (unpaired) electrons. The third-order valence-electron chi connectivity index (χ3n) is 4.78. The highest BCUT2D eigenvalue weighted by molar-refractivity contribution is 5.78. The second kappa shape index (κ2) is 6.02. The van der Waals surface area contributed by atoms with Gasteiger partial charge in [-0.05, 0) is 52.9 Å². The smallest absolute Gasteiger partial charge is 0.223 e. The molecule has 18 heavy (non-hydrogen) atoms. The van der Waals surface area contributed by atoms with Crippen LogP contribution in [0.1, 0.15) is 38.5 Å². The topological polar surface area (TPSA) is 44.4 Å². The predicted molar refractivity (Wildman–Crippen MR) is 73.5 cm³/mol. The number of hydrogen-bond acceptors (Lipinski definition) is 3. The molecular formula is C14H27N3O. The molecule has 0 bridgehead atoms. The standard InChI is InChI=1S/C14H27N3O/c1-17(2)14(7-3-4-8-14)11-16-13(18)12-5-9-15-10-6-12/h12,15H,3-11H2,1-2H3,(H,16,18). The average Bonchev–Trinajstić information content (AvgIpc) is 2.87. The maximum Gasteiger partial charge on any atom is 0.223 e. The van der Waals surface area contributed by atoms with Crippen molar-refractivity contribution in [1.29, 1.82) is 0 Å². The number of nitrogens with one attached hydrogen (secondary N) is 2. The van der Waals surface area contributed by atoms with Crippen LogP contribution in [0.5, 0.6) is 0 Å². The second-order valence-electron chi connectivity index (χ2n) is 6.07. The first-order valence-corrected chi connectivity index (χ1v) is 7.30. The minimum atomic E-state index is 0.211. The van der Waals surface area contributed by atoms with Crippen LogP contribution in [-0.2, 0) is 4.79 Å². The highest BCUT2D eigenvalue weighted by Crippen LogP contribution is 2.33. The van der Waals surface area contributed by atoms with Gasteiger partial charge in [-0.15, -0.1) is 0 Å². The minimum Gasteiger partial charge on any atom is -0.354 e. The van der Waals surface area contributed by atoms with Crippen molar-refractivity contribution in [3.8, 4) is 0 Å². The van der Waals surface area contributed by atoms with Crippen molar-refractivity contribution in [2.75, 3.05) is 33.7 Å². The van der Waals surface area contributed by atoms with Crippen molar-refractivity contribution >= 4 is 5.91 Å². The lowest BCUT2D eigenvalue weighted by molar-refractivity contribution is -0.126. The fraction of sp³-hybridized carbons (Fsp3) is 0.929. The summed E-state index contributed by atoms with van der Waals surface area (Å²) in [5.74, 6) is 0.497. The van der Waals surface area contributed by atoms with Gasteiger partial charge in [-0.2, -0.15) is 0 Å². The molecule has 0 aromatic rings. The Kier molecular flexibility index (Phi) is 4.62. The summed E-state index contributed by atoms with van der Waals surface area (Å²) in [5, 5.41) is 6.51. The highest BCUT2D eigenvalue weighted by Gasteiger charge is 2.36. The van der Waals surface area contributed by atoms with Crippen molar-refractivity contribution in [3.63, 3.8) is 0 Å². The number of rotatable bonds is 4. The minimum absolute atomic E-state index is 0.211. The van der Waals surface area contributed by atoms with Crippen LogP contribution in [-0.4, -0.2) is 50.1 Å². The molecule has 1 aliphatic heterocycles. The lowest BCUT2D eigenvalue weighted by atomic mass is 9.94. The zero-order valence-corrected chi connectivity index (χ0v) is 11.8. The SMILES string of the molecule is CN(C)C1(CNC(=O)C2CCNCC2)CCCC1. The molecule has 2 rings (SSSR count). The molecule has 0 aromatic carbocycles. The van der Waals surface area contributed by atoms with Gasteiger partial charge < -0.3 is 15.5 Å². The summed E-state index contributed by atoms with van der Waals surface area (Å²) in [6.45, 7) is 2.79. The Morgan fingerprint density at radius 1 is 1.28 bits per heavy atom. The molecule has 4 nitrogen and oxygen atoms in total. The summed E-state index contributed by atoms with van der Waals surface area (Å²) < 4.78 is 0. The van der Waals surface area contributed by atoms with E-state index in [0.717, 1.165) is 32.5 Å². The summed E-state index contributed by atoms with van der Waals surface area (Å²) >= 11 is 0. The number of carbonyl (C=O) groups is 1. The molecule has 1 aliphatic carbocycles. The highest BCUT2D eigenvalue weighted by atomic mass is 16.1. The van der Waals surface area contributed by atoms with E-state index in [1.54, 1.807) is 0 Å². The Bertz CT molecular complexity index is 279. The van der Waals surface area contributed by atoms with Crippen molar-refractivity contribution in [1.82, 2.24) is 15.5 Å². The Labute approximate surface area is 110 Å². The first-order valence-electron chi connectivity index (χ1n) is 7.30. The van der Waals surface area contributed by atoms with Crippen LogP contribution in [0.15, 0.2) is 0 Å². The van der Waals surface area contributed by atoms with Crippen molar-refractivity contribution in [2.24, 2.45) is 5.92 Å². The molecule has 1 saturated heterocycles. The fourth-order valence-corrected chi connectivity index (χ4v) is 3.30. The van der Waals surface area contributed by atoms with Crippen LogP contribution in [0.4, 0.5) is 0 Å². The molecule has 104 valence electrons. The Morgan fingerprint density at radius 2 is 1.89 bits per heavy atom. The van der Waals surface area contributed by atoms with Crippen molar-refractivity contribution < 1.29 is 4.79 Å². The van der Waals surface area contributed by atoms with E-state index in [4.69, 9.17) is 0 Å². The van der Waals surface area contributed by atoms with E-state index in [9.17, 15) is 4.79 Å². The quantitative estimate of drug-likeness (QED) is 0.785. The monoisotopic (exact) mass is 253 g/mol. The zero-order valence-electron chi connectivity index (χ0n) is 11.8. The van der Waals surface area contributed by atoms with E-state index >= 15 is 0 Å². The first-order chi connectivity index (χ1) is 8.64. The Hall–Kier alpha value is -0.610. The molecule has 0 spiro atoms. The normalized spacial score (nSPS) is 24.4. The van der Waals surface area contributed by atoms with Crippen LogP contribution in [0.25, 0.3) is 0 Å². The molecular weight excluding hydrogens is 226 g/mol. The lowest BCUT2D eigenvalue weighted by Crippen LogP contribution is -2.52. The first kappa shape index (κ1) is 13.8. The Morgan fingerprint density at radius 3 is 2.44 bits per heavy atom. The maximum absolute atomic E-state index is 12.2. The molecule has 1 heterocycles. The third-order valence-corrected chi connectivity index (χ3v) is 4.78. The molecule has 1 amide bonds. The molecule has 0 unspecified atom stereocenters. The van der Waals surface area contributed by atoms with Gasteiger partial charge in [0.15, 0.2) is 0 Å². The van der Waals surface area contributed by atoms with Crippen LogP contribution in [0.3, 0.4) is 0 Å². The number of nitrogens with zero attached hydrogens (tertiary/aromatic N) is 1. The summed E-state index contributed by atoms with van der Waals surface area (Å²) in [6, 6.07) is 0. The van der Waals surface area contributed by atoms with E-state index in [1.807, 2.05) is 0 Å². The number of piperidine rings is 1. The van der Waals surface area contributed by atoms with E-state index in [1.165, 1.54) is 25.7 Å². The van der Waals surface area contributed by atoms with Gasteiger partial charge in [0.25, 0.3) is 0 Å². The van der Waals surface area contributed by atoms with Gasteiger partial charge in [0, 0.05) is 18.0 Å². The van der Waals surface area contributed by atoms with Crippen molar-refractivity contribution in [3.05, 3.63) is 0 Å². The van der Waals surface area contributed by atoms with Crippen LogP contribution in [0, 0.1) is 5.92 Å². The molecule has 1 saturated carbocycles. The summed E-state index contributed by atoms with van der Waals surface area (Å²) in [4.78, 5) is 14.5. The van der Waals surface area contributed by atoms with Gasteiger partial charge in [-0.1, -0.05) is 12.8 Å². The van der Waals surface area contributed by atoms with Crippen LogP contribution in [0.2, 0.25) is 0 Å². The molecule has 4 heteroatoms. The summed E-state index contributed by atoms with van der Waals surface area (Å²) in [5.41, 5.74) is 0.211. The lowest BCUT2D eigenvalue weighted by Gasteiger charge is -2.37. The molecule has 0 aromatic heterocycles. The number of hydrogen-bond donors (Lipinski definition) is 2. The summed E-state index contributed by atoms with van der Waals surface area (Å²) in [6.07, 6.45) is 6.99. The van der Waals surface area contributed by atoms with Gasteiger partial charge in [0.2, 0.25) is 5.91 Å². The summed E-state index contributed by atoms with van der Waals surface area (Å²) in [7, 11) is 4.28. The largest absolute Gasteiger partial charge is 0.354 e. The van der Waals surface area contributed by atoms with Crippen molar-refractivity contribution in [2.45, 2.75) is 44.1 Å². The number of amides is 1. The van der Waals surface area contributed by atoms with Gasteiger partial charge in [0.05, 0.1) is 0 Å². The third kappa shape index (κ3) is 3.04. The predicted octanol–water partition coefficient (Wildman–Crippen LogP) is 0.977. The fourth-order valence-electron chi connectivity index (χ4n) is 3.30. The van der Waals surface area contributed by atoms with Crippen LogP contribution >= 0.6 is 0 Å². The maximum atomic E-state index is 12.2. The van der Waals surface area contributed by atoms with E-state index in [0.29, 0.717) is 0 Å². The van der Waals surface area contributed by atoms with Crippen LogP contribution < -0.4 is 10.6 Å². The molecule has 2 aliphatic rings. The molecule has 2 fully saturated rings. The molecule has 2 N–H and O–H groups in total. The molecule has 0 atom stereocenters. The van der Waals surface area contributed by atoms with Gasteiger partial charge >= 0.3 is 0 Å². The Balaban J connectivity index is 1.83. The van der Waals surface area contributed by atoms with E-state index in [-0.39, 0.29) is 17.4 Å². The number of carbonyl (C=O) groups excluding carboxylic acids is 1. The van der Waals surface area contributed by atoms with Gasteiger partial charge in [-0.3, -0.25) is 4.79 Å². The average molecular weight is 253 g/mol. The van der Waals surface area contributed by atoms with Gasteiger partial charge in [-0.25, -0.2) is 0 Å². The zero-order chi connectivity index (χ0) is 13.0. The number of likely N-dealkylation sites (N-methyl/N-ethyl adjacent to an activating group) is 1. The van der Waals surface area contributed by atoms with E-state index in [2.05, 4.69) is 29.6 Å². The van der Waals surface area contributed by atoms with E-state index < -0.39 is 0 Å². The van der Waals surface area contributed by atoms with Gasteiger partial charge in [0.1, 0.15) is 0 Å².